The van der Waals surface area contributed by atoms with Crippen molar-refractivity contribution in [3.8, 4) is 0 Å². The molecule has 0 heterocycles. The molecule has 1 saturated carbocycles. The Labute approximate surface area is 134 Å². The van der Waals surface area contributed by atoms with Gasteiger partial charge >= 0.3 is 12.1 Å². The van der Waals surface area contributed by atoms with Gasteiger partial charge in [0.15, 0.2) is 0 Å². The summed E-state index contributed by atoms with van der Waals surface area (Å²) in [7, 11) is 0. The van der Waals surface area contributed by atoms with Crippen LogP contribution >= 0.6 is 0 Å². The number of amides is 1. The zero-order chi connectivity index (χ0) is 17.3. The molecule has 0 aromatic heterocycles. The van der Waals surface area contributed by atoms with Crippen molar-refractivity contribution in [3.63, 3.8) is 0 Å². The van der Waals surface area contributed by atoms with Gasteiger partial charge in [-0.3, -0.25) is 9.59 Å². The summed E-state index contributed by atoms with van der Waals surface area (Å²) in [6.45, 7) is 0.545. The molecule has 0 aliphatic heterocycles. The minimum Gasteiger partial charge on any atom is -0.481 e. The van der Waals surface area contributed by atoms with Crippen molar-refractivity contribution in [3.05, 3.63) is 0 Å². The van der Waals surface area contributed by atoms with E-state index in [2.05, 4.69) is 5.32 Å². The summed E-state index contributed by atoms with van der Waals surface area (Å²) in [5.41, 5.74) is 0. The van der Waals surface area contributed by atoms with Gasteiger partial charge in [-0.25, -0.2) is 0 Å². The molecule has 1 fully saturated rings. The van der Waals surface area contributed by atoms with Crippen molar-refractivity contribution < 1.29 is 27.9 Å². The van der Waals surface area contributed by atoms with Crippen LogP contribution in [0.2, 0.25) is 0 Å². The number of alkyl halides is 3. The molecule has 1 rings (SSSR count). The van der Waals surface area contributed by atoms with E-state index < -0.39 is 18.1 Å². The molecule has 0 aromatic carbocycles. The first kappa shape index (κ1) is 19.8. The summed E-state index contributed by atoms with van der Waals surface area (Å²) in [5.74, 6) is -2.03. The number of halogens is 3. The summed E-state index contributed by atoms with van der Waals surface area (Å²) in [6, 6.07) is 0. The van der Waals surface area contributed by atoms with E-state index in [1.165, 1.54) is 0 Å². The number of carbonyl (C=O) groups excluding carboxylic acids is 1. The number of aliphatic carboxylic acids is 1. The predicted molar refractivity (Wildman–Crippen MR) is 79.9 cm³/mol. The summed E-state index contributed by atoms with van der Waals surface area (Å²) in [6.07, 6.45) is 0.700. The van der Waals surface area contributed by atoms with E-state index in [1.807, 2.05) is 0 Å². The monoisotopic (exact) mass is 337 g/mol. The second-order valence-corrected chi connectivity index (χ2v) is 6.37. The van der Waals surface area contributed by atoms with Gasteiger partial charge in [0.25, 0.3) is 0 Å². The highest BCUT2D eigenvalue weighted by molar-refractivity contribution is 5.76. The molecule has 0 atom stereocenters. The molecular weight excluding hydrogens is 311 g/mol. The molecule has 7 heteroatoms. The van der Waals surface area contributed by atoms with Gasteiger partial charge < -0.3 is 10.4 Å². The number of hydrogen-bond acceptors (Lipinski definition) is 2. The normalized spacial score (nSPS) is 21.9. The Bertz CT molecular complexity index is 377. The van der Waals surface area contributed by atoms with E-state index in [4.69, 9.17) is 5.11 Å². The number of rotatable bonds is 9. The maximum atomic E-state index is 12.6. The molecule has 1 aliphatic carbocycles. The van der Waals surface area contributed by atoms with E-state index in [1.54, 1.807) is 0 Å². The third kappa shape index (κ3) is 8.81. The summed E-state index contributed by atoms with van der Waals surface area (Å²) in [4.78, 5) is 22.1. The van der Waals surface area contributed by atoms with Crippen LogP contribution in [0, 0.1) is 11.8 Å². The lowest BCUT2D eigenvalue weighted by Gasteiger charge is -2.29. The van der Waals surface area contributed by atoms with Crippen molar-refractivity contribution in [2.24, 2.45) is 11.8 Å². The van der Waals surface area contributed by atoms with Gasteiger partial charge in [0.05, 0.1) is 5.92 Å². The molecule has 4 nitrogen and oxygen atoms in total. The van der Waals surface area contributed by atoms with Crippen LogP contribution in [0.5, 0.6) is 0 Å². The summed E-state index contributed by atoms with van der Waals surface area (Å²) < 4.78 is 37.7. The van der Waals surface area contributed by atoms with E-state index in [9.17, 15) is 22.8 Å². The SMILES string of the molecule is O=C(O)CCCCCCNC(=O)CC1CCC(C(F)(F)F)CC1. The Balaban J connectivity index is 2.04. The van der Waals surface area contributed by atoms with E-state index >= 15 is 0 Å². The van der Waals surface area contributed by atoms with Gasteiger partial charge in [-0.15, -0.1) is 0 Å². The molecule has 0 bridgehead atoms. The maximum absolute atomic E-state index is 12.6. The maximum Gasteiger partial charge on any atom is 0.391 e. The van der Waals surface area contributed by atoms with Crippen LogP contribution in [0.15, 0.2) is 0 Å². The predicted octanol–water partition coefficient (Wildman–Crippen LogP) is 3.90. The van der Waals surface area contributed by atoms with Crippen molar-refractivity contribution >= 4 is 11.9 Å². The first-order valence-corrected chi connectivity index (χ1v) is 8.34. The molecule has 0 radical (unpaired) electrons. The minimum absolute atomic E-state index is 0.0594. The fourth-order valence-electron chi connectivity index (χ4n) is 3.01. The Kier molecular flexibility index (Phi) is 8.41. The number of carbonyl (C=O) groups is 2. The van der Waals surface area contributed by atoms with E-state index in [0.29, 0.717) is 32.2 Å². The van der Waals surface area contributed by atoms with Crippen molar-refractivity contribution in [1.82, 2.24) is 5.32 Å². The van der Waals surface area contributed by atoms with Gasteiger partial charge in [0.1, 0.15) is 0 Å². The number of carboxylic acid groups (broad SMARTS) is 1. The molecule has 0 aromatic rings. The highest BCUT2D eigenvalue weighted by atomic mass is 19.4. The molecular formula is C16H26F3NO3. The topological polar surface area (TPSA) is 66.4 Å². The minimum atomic E-state index is -4.10. The molecule has 0 spiro atoms. The smallest absolute Gasteiger partial charge is 0.391 e. The highest BCUT2D eigenvalue weighted by Gasteiger charge is 2.41. The van der Waals surface area contributed by atoms with Gasteiger partial charge in [-0.2, -0.15) is 13.2 Å². The Hall–Kier alpha value is -1.27. The first-order chi connectivity index (χ1) is 10.8. The highest BCUT2D eigenvalue weighted by Crippen LogP contribution is 2.40. The molecule has 1 aliphatic rings. The number of hydrogen-bond donors (Lipinski definition) is 2. The van der Waals surface area contributed by atoms with Crippen LogP contribution in [-0.4, -0.2) is 29.7 Å². The van der Waals surface area contributed by atoms with Crippen LogP contribution in [0.4, 0.5) is 13.2 Å². The van der Waals surface area contributed by atoms with Gasteiger partial charge in [0, 0.05) is 19.4 Å². The van der Waals surface area contributed by atoms with Crippen LogP contribution in [0.25, 0.3) is 0 Å². The van der Waals surface area contributed by atoms with Crippen LogP contribution in [0.1, 0.15) is 64.2 Å². The first-order valence-electron chi connectivity index (χ1n) is 8.34. The number of carboxylic acids is 1. The number of unbranched alkanes of at least 4 members (excludes halogenated alkanes) is 3. The fourth-order valence-corrected chi connectivity index (χ4v) is 3.01. The lowest BCUT2D eigenvalue weighted by molar-refractivity contribution is -0.184. The van der Waals surface area contributed by atoms with Crippen LogP contribution in [0.3, 0.4) is 0 Å². The fraction of sp³-hybridized carbons (Fsp3) is 0.875. The van der Waals surface area contributed by atoms with Crippen molar-refractivity contribution in [2.75, 3.05) is 6.54 Å². The number of nitrogens with one attached hydrogen (secondary N) is 1. The van der Waals surface area contributed by atoms with Crippen molar-refractivity contribution in [1.29, 1.82) is 0 Å². The third-order valence-corrected chi connectivity index (χ3v) is 4.42. The molecule has 23 heavy (non-hydrogen) atoms. The molecule has 0 unspecified atom stereocenters. The summed E-state index contributed by atoms with van der Waals surface area (Å²) >= 11 is 0. The Morgan fingerprint density at radius 1 is 1.00 bits per heavy atom. The molecule has 2 N–H and O–H groups in total. The standard InChI is InChI=1S/C16H26F3NO3/c17-16(18,19)13-8-6-12(7-9-13)11-14(21)20-10-4-2-1-3-5-15(22)23/h12-13H,1-11H2,(H,20,21)(H,22,23). The lowest BCUT2D eigenvalue weighted by atomic mass is 9.80. The van der Waals surface area contributed by atoms with Crippen molar-refractivity contribution in [2.45, 2.75) is 70.4 Å². The lowest BCUT2D eigenvalue weighted by Crippen LogP contribution is -2.31. The average Bonchev–Trinajstić information content (AvgIpc) is 2.45. The van der Waals surface area contributed by atoms with Gasteiger partial charge in [0.2, 0.25) is 5.91 Å². The second-order valence-electron chi connectivity index (χ2n) is 6.37. The zero-order valence-corrected chi connectivity index (χ0v) is 13.3. The Morgan fingerprint density at radius 3 is 2.17 bits per heavy atom. The second kappa shape index (κ2) is 9.78. The molecule has 1 amide bonds. The Morgan fingerprint density at radius 2 is 1.61 bits per heavy atom. The van der Waals surface area contributed by atoms with E-state index in [-0.39, 0.29) is 31.1 Å². The van der Waals surface area contributed by atoms with Gasteiger partial charge in [-0.1, -0.05) is 12.8 Å². The summed E-state index contributed by atoms with van der Waals surface area (Å²) in [5, 5.41) is 11.3. The van der Waals surface area contributed by atoms with Crippen LogP contribution in [-0.2, 0) is 9.59 Å². The largest absolute Gasteiger partial charge is 0.481 e. The van der Waals surface area contributed by atoms with E-state index in [0.717, 1.165) is 19.3 Å². The zero-order valence-electron chi connectivity index (χ0n) is 13.3. The van der Waals surface area contributed by atoms with Crippen LogP contribution < -0.4 is 5.32 Å². The van der Waals surface area contributed by atoms with Gasteiger partial charge in [-0.05, 0) is 44.4 Å². The molecule has 0 saturated heterocycles. The average molecular weight is 337 g/mol. The quantitative estimate of drug-likeness (QED) is 0.627. The molecule has 134 valence electrons. The third-order valence-electron chi connectivity index (χ3n) is 4.42.